The van der Waals surface area contributed by atoms with Gasteiger partial charge in [-0.15, -0.1) is 0 Å². The molecule has 5 heteroatoms. The predicted molar refractivity (Wildman–Crippen MR) is 111 cm³/mol. The third-order valence-electron chi connectivity index (χ3n) is 4.62. The van der Waals surface area contributed by atoms with E-state index >= 15 is 0 Å². The molecule has 0 aliphatic heterocycles. The highest BCUT2D eigenvalue weighted by Gasteiger charge is 2.12. The number of phenols is 1. The molecule has 4 aromatic rings. The van der Waals surface area contributed by atoms with Crippen molar-refractivity contribution in [2.45, 2.75) is 0 Å². The zero-order valence-corrected chi connectivity index (χ0v) is 15.2. The van der Waals surface area contributed by atoms with Crippen LogP contribution in [0.5, 0.6) is 11.5 Å². The minimum absolute atomic E-state index is 0.0821. The Morgan fingerprint density at radius 2 is 1.64 bits per heavy atom. The Balaban J connectivity index is 1.60. The van der Waals surface area contributed by atoms with Crippen molar-refractivity contribution in [1.29, 1.82) is 0 Å². The summed E-state index contributed by atoms with van der Waals surface area (Å²) in [6.45, 7) is 0. The number of carbonyl (C=O) groups excluding carboxylic acids is 1. The third kappa shape index (κ3) is 3.25. The summed E-state index contributed by atoms with van der Waals surface area (Å²) in [5.41, 5.74) is 3.51. The molecule has 0 atom stereocenters. The lowest BCUT2D eigenvalue weighted by Gasteiger charge is -2.08. The summed E-state index contributed by atoms with van der Waals surface area (Å²) in [6, 6.07) is 22.3. The van der Waals surface area contributed by atoms with Crippen LogP contribution in [-0.4, -0.2) is 24.3 Å². The molecule has 0 aliphatic rings. The smallest absolute Gasteiger partial charge is 0.275 e. The fourth-order valence-corrected chi connectivity index (χ4v) is 3.22. The third-order valence-corrected chi connectivity index (χ3v) is 4.62. The number of hydrogen-bond donors (Lipinski definition) is 2. The summed E-state index contributed by atoms with van der Waals surface area (Å²) in [6.07, 6.45) is 1.58. The van der Waals surface area contributed by atoms with Gasteiger partial charge in [-0.2, -0.15) is 5.10 Å². The average molecular weight is 370 g/mol. The number of phenolic OH excluding ortho intramolecular Hbond substituents is 1. The first-order valence-corrected chi connectivity index (χ1v) is 8.78. The average Bonchev–Trinajstić information content (AvgIpc) is 2.73. The number of rotatable bonds is 4. The van der Waals surface area contributed by atoms with Crippen LogP contribution in [-0.2, 0) is 0 Å². The predicted octanol–water partition coefficient (Wildman–Crippen LogP) is 4.47. The molecular weight excluding hydrogens is 352 g/mol. The van der Waals surface area contributed by atoms with Crippen LogP contribution in [0.25, 0.3) is 21.5 Å². The molecule has 28 heavy (non-hydrogen) atoms. The summed E-state index contributed by atoms with van der Waals surface area (Å²) < 4.78 is 5.39. The minimum atomic E-state index is -0.475. The van der Waals surface area contributed by atoms with E-state index < -0.39 is 5.91 Å². The molecule has 5 nitrogen and oxygen atoms in total. The first kappa shape index (κ1) is 17.5. The van der Waals surface area contributed by atoms with E-state index in [9.17, 15) is 9.90 Å². The SMILES string of the molecule is COc1ccc(/C=N/NC(=O)c2cc3ccccc3cc2O)c2ccccc12. The molecule has 2 N–H and O–H groups in total. The summed E-state index contributed by atoms with van der Waals surface area (Å²) >= 11 is 0. The number of hydrogen-bond acceptors (Lipinski definition) is 4. The Hall–Kier alpha value is -3.86. The number of hydrazone groups is 1. The van der Waals surface area contributed by atoms with Gasteiger partial charge < -0.3 is 9.84 Å². The molecule has 0 saturated heterocycles. The minimum Gasteiger partial charge on any atom is -0.507 e. The molecule has 0 aromatic heterocycles. The quantitative estimate of drug-likeness (QED) is 0.411. The summed E-state index contributed by atoms with van der Waals surface area (Å²) in [5.74, 6) is 0.219. The van der Waals surface area contributed by atoms with Gasteiger partial charge in [-0.25, -0.2) is 5.43 Å². The summed E-state index contributed by atoms with van der Waals surface area (Å²) in [7, 11) is 1.63. The normalized spacial score (nSPS) is 11.2. The fourth-order valence-electron chi connectivity index (χ4n) is 3.22. The molecule has 0 saturated carbocycles. The van der Waals surface area contributed by atoms with Gasteiger partial charge in [0, 0.05) is 10.9 Å². The molecular formula is C23H18N2O3. The van der Waals surface area contributed by atoms with Crippen molar-refractivity contribution in [2.75, 3.05) is 7.11 Å². The number of ether oxygens (including phenoxy) is 1. The fraction of sp³-hybridized carbons (Fsp3) is 0.0435. The Kier molecular flexibility index (Phi) is 4.64. The van der Waals surface area contributed by atoms with Crippen molar-refractivity contribution >= 4 is 33.7 Å². The molecule has 0 spiro atoms. The molecule has 4 aromatic carbocycles. The number of benzene rings is 4. The number of aromatic hydroxyl groups is 1. The van der Waals surface area contributed by atoms with Crippen molar-refractivity contribution < 1.29 is 14.6 Å². The first-order chi connectivity index (χ1) is 13.7. The zero-order chi connectivity index (χ0) is 19.5. The molecule has 1 amide bonds. The van der Waals surface area contributed by atoms with E-state index in [4.69, 9.17) is 4.74 Å². The Morgan fingerprint density at radius 1 is 0.964 bits per heavy atom. The van der Waals surface area contributed by atoms with Crippen LogP contribution in [0, 0.1) is 0 Å². The van der Waals surface area contributed by atoms with Crippen LogP contribution < -0.4 is 10.2 Å². The number of nitrogens with one attached hydrogen (secondary N) is 1. The van der Waals surface area contributed by atoms with Gasteiger partial charge in [0.05, 0.1) is 18.9 Å². The van der Waals surface area contributed by atoms with Crippen molar-refractivity contribution in [3.63, 3.8) is 0 Å². The molecule has 0 heterocycles. The Bertz CT molecular complexity index is 1220. The van der Waals surface area contributed by atoms with Crippen LogP contribution in [0.2, 0.25) is 0 Å². The maximum atomic E-state index is 12.5. The molecule has 4 rings (SSSR count). The van der Waals surface area contributed by atoms with Gasteiger partial charge in [-0.1, -0.05) is 48.5 Å². The van der Waals surface area contributed by atoms with Crippen LogP contribution in [0.1, 0.15) is 15.9 Å². The number of nitrogens with zero attached hydrogens (tertiary/aromatic N) is 1. The highest BCUT2D eigenvalue weighted by atomic mass is 16.5. The van der Waals surface area contributed by atoms with E-state index in [1.165, 1.54) is 0 Å². The van der Waals surface area contributed by atoms with E-state index in [1.54, 1.807) is 25.5 Å². The van der Waals surface area contributed by atoms with Crippen molar-refractivity contribution in [2.24, 2.45) is 5.10 Å². The van der Waals surface area contributed by atoms with E-state index in [1.807, 2.05) is 60.7 Å². The van der Waals surface area contributed by atoms with Gasteiger partial charge in [0.15, 0.2) is 0 Å². The standard InChI is InChI=1S/C23H18N2O3/c1-28-22-11-10-17(18-8-4-5-9-19(18)22)14-24-25-23(27)20-12-15-6-2-3-7-16(15)13-21(20)26/h2-14,26H,1H3,(H,25,27)/b24-14+. The molecule has 0 aliphatic carbocycles. The van der Waals surface area contributed by atoms with Crippen molar-refractivity contribution in [3.8, 4) is 11.5 Å². The molecule has 0 unspecified atom stereocenters. The number of carbonyl (C=O) groups is 1. The van der Waals surface area contributed by atoms with Gasteiger partial charge in [0.25, 0.3) is 5.91 Å². The van der Waals surface area contributed by atoms with Crippen LogP contribution in [0.4, 0.5) is 0 Å². The summed E-state index contributed by atoms with van der Waals surface area (Å²) in [5, 5.41) is 17.9. The van der Waals surface area contributed by atoms with Crippen LogP contribution in [0.15, 0.2) is 77.9 Å². The molecule has 0 fully saturated rings. The largest absolute Gasteiger partial charge is 0.507 e. The van der Waals surface area contributed by atoms with Crippen molar-refractivity contribution in [3.05, 3.63) is 83.9 Å². The molecule has 0 bridgehead atoms. The number of fused-ring (bicyclic) bond motifs is 2. The van der Waals surface area contributed by atoms with Crippen molar-refractivity contribution in [1.82, 2.24) is 5.43 Å². The van der Waals surface area contributed by atoms with E-state index in [-0.39, 0.29) is 11.3 Å². The lowest BCUT2D eigenvalue weighted by Crippen LogP contribution is -2.17. The zero-order valence-electron chi connectivity index (χ0n) is 15.2. The molecule has 0 radical (unpaired) electrons. The molecule has 138 valence electrons. The van der Waals surface area contributed by atoms with E-state index in [0.29, 0.717) is 0 Å². The van der Waals surface area contributed by atoms with Gasteiger partial charge >= 0.3 is 0 Å². The first-order valence-electron chi connectivity index (χ1n) is 8.78. The van der Waals surface area contributed by atoms with Crippen LogP contribution >= 0.6 is 0 Å². The number of methoxy groups -OCH3 is 1. The van der Waals surface area contributed by atoms with E-state index in [0.717, 1.165) is 32.9 Å². The van der Waals surface area contributed by atoms with Gasteiger partial charge in [0.2, 0.25) is 0 Å². The highest BCUT2D eigenvalue weighted by Crippen LogP contribution is 2.27. The monoisotopic (exact) mass is 370 g/mol. The van der Waals surface area contributed by atoms with Gasteiger partial charge in [-0.05, 0) is 40.4 Å². The second-order valence-electron chi connectivity index (χ2n) is 6.32. The lowest BCUT2D eigenvalue weighted by atomic mass is 10.0. The lowest BCUT2D eigenvalue weighted by molar-refractivity contribution is 0.0952. The Labute approximate surface area is 161 Å². The van der Waals surface area contributed by atoms with Gasteiger partial charge in [0.1, 0.15) is 11.5 Å². The Morgan fingerprint density at radius 3 is 2.39 bits per heavy atom. The second-order valence-corrected chi connectivity index (χ2v) is 6.32. The maximum Gasteiger partial charge on any atom is 0.275 e. The second kappa shape index (κ2) is 7.40. The van der Waals surface area contributed by atoms with Gasteiger partial charge in [-0.3, -0.25) is 4.79 Å². The number of amides is 1. The summed E-state index contributed by atoms with van der Waals surface area (Å²) in [4.78, 5) is 12.5. The van der Waals surface area contributed by atoms with Crippen LogP contribution in [0.3, 0.4) is 0 Å². The topological polar surface area (TPSA) is 70.9 Å². The maximum absolute atomic E-state index is 12.5. The van der Waals surface area contributed by atoms with E-state index in [2.05, 4.69) is 10.5 Å². The highest BCUT2D eigenvalue weighted by molar-refractivity contribution is 6.04.